The van der Waals surface area contributed by atoms with Gasteiger partial charge in [0.2, 0.25) is 0 Å². The maximum absolute atomic E-state index is 5.88. The average molecular weight is 236 g/mol. The van der Waals surface area contributed by atoms with Gasteiger partial charge in [-0.1, -0.05) is 25.4 Å². The summed E-state index contributed by atoms with van der Waals surface area (Å²) in [5.41, 5.74) is 3.26. The van der Waals surface area contributed by atoms with E-state index in [1.54, 1.807) is 6.20 Å². The number of rotatable bonds is 3. The number of aryl methyl sites for hydroxylation is 2. The molecule has 0 fully saturated rings. The minimum Gasteiger partial charge on any atom is -0.244 e. The monoisotopic (exact) mass is 235 g/mol. The Hall–Kier alpha value is -1.35. The van der Waals surface area contributed by atoms with Gasteiger partial charge in [0.25, 0.3) is 0 Å². The van der Waals surface area contributed by atoms with Crippen LogP contribution in [0.1, 0.15) is 25.2 Å². The van der Waals surface area contributed by atoms with E-state index in [9.17, 15) is 0 Å². The molecule has 84 valence electrons. The van der Waals surface area contributed by atoms with Gasteiger partial charge in [0.05, 0.1) is 11.4 Å². The quantitative estimate of drug-likeness (QED) is 0.766. The van der Waals surface area contributed by atoms with Gasteiger partial charge in [-0.3, -0.25) is 0 Å². The molecule has 0 aliphatic carbocycles. The molecule has 2 aromatic heterocycles. The number of halogens is 1. The molecule has 3 nitrogen and oxygen atoms in total. The predicted octanol–water partition coefficient (Wildman–Crippen LogP) is 3.05. The van der Waals surface area contributed by atoms with Crippen LogP contribution in [0.5, 0.6) is 0 Å². The summed E-state index contributed by atoms with van der Waals surface area (Å²) in [6.07, 6.45) is 3.59. The summed E-state index contributed by atoms with van der Waals surface area (Å²) >= 11 is 5.88. The first kappa shape index (κ1) is 11.1. The van der Waals surface area contributed by atoms with E-state index in [1.165, 1.54) is 5.69 Å². The van der Waals surface area contributed by atoms with Gasteiger partial charge in [-0.25, -0.2) is 9.67 Å². The molecule has 0 bridgehead atoms. The summed E-state index contributed by atoms with van der Waals surface area (Å²) in [5, 5.41) is 5.03. The maximum atomic E-state index is 5.88. The molecule has 2 rings (SSSR count). The molecular formula is C12H14ClN3. The lowest BCUT2D eigenvalue weighted by atomic mass is 10.2. The smallest absolute Gasteiger partial charge is 0.131 e. The summed E-state index contributed by atoms with van der Waals surface area (Å²) in [6.45, 7) is 4.22. The van der Waals surface area contributed by atoms with Crippen molar-refractivity contribution in [3.05, 3.63) is 40.9 Å². The van der Waals surface area contributed by atoms with Crippen molar-refractivity contribution in [2.75, 3.05) is 0 Å². The lowest BCUT2D eigenvalue weighted by Gasteiger charge is -2.05. The largest absolute Gasteiger partial charge is 0.244 e. The topological polar surface area (TPSA) is 30.7 Å². The first-order valence-corrected chi connectivity index (χ1v) is 5.82. The standard InChI is InChI=1S/C12H14ClN3/c1-3-9-7-10(4-2)16(15-9)11-5-6-14-12(13)8-11/h5-8H,3-4H2,1-2H3. The first-order chi connectivity index (χ1) is 7.74. The summed E-state index contributed by atoms with van der Waals surface area (Å²) < 4.78 is 1.94. The van der Waals surface area contributed by atoms with Gasteiger partial charge in [0.15, 0.2) is 0 Å². The Morgan fingerprint density at radius 2 is 2.06 bits per heavy atom. The number of aromatic nitrogens is 3. The molecule has 0 amide bonds. The SMILES string of the molecule is CCc1cc(CC)n(-c2ccnc(Cl)c2)n1. The van der Waals surface area contributed by atoms with Crippen molar-refractivity contribution in [3.63, 3.8) is 0 Å². The molecule has 2 heterocycles. The van der Waals surface area contributed by atoms with E-state index >= 15 is 0 Å². The van der Waals surface area contributed by atoms with E-state index in [2.05, 4.69) is 30.0 Å². The molecular weight excluding hydrogens is 222 g/mol. The Morgan fingerprint density at radius 3 is 2.69 bits per heavy atom. The van der Waals surface area contributed by atoms with Gasteiger partial charge < -0.3 is 0 Å². The summed E-state index contributed by atoms with van der Waals surface area (Å²) in [5.74, 6) is 0. The Bertz CT molecular complexity index is 491. The van der Waals surface area contributed by atoms with Crippen LogP contribution >= 0.6 is 11.6 Å². The molecule has 0 atom stereocenters. The van der Waals surface area contributed by atoms with Crippen LogP contribution in [0.3, 0.4) is 0 Å². The van der Waals surface area contributed by atoms with E-state index in [0.29, 0.717) is 5.15 Å². The van der Waals surface area contributed by atoms with Gasteiger partial charge >= 0.3 is 0 Å². The van der Waals surface area contributed by atoms with Crippen LogP contribution in [0, 0.1) is 0 Å². The highest BCUT2D eigenvalue weighted by Gasteiger charge is 2.07. The summed E-state index contributed by atoms with van der Waals surface area (Å²) in [4.78, 5) is 3.97. The van der Waals surface area contributed by atoms with Gasteiger partial charge in [-0.05, 0) is 25.0 Å². The second kappa shape index (κ2) is 4.66. The summed E-state index contributed by atoms with van der Waals surface area (Å²) in [7, 11) is 0. The summed E-state index contributed by atoms with van der Waals surface area (Å²) in [6, 6.07) is 5.87. The maximum Gasteiger partial charge on any atom is 0.131 e. The van der Waals surface area contributed by atoms with Gasteiger partial charge in [0.1, 0.15) is 5.15 Å². The Labute approximate surface area is 100 Å². The third kappa shape index (κ3) is 2.09. The van der Waals surface area contributed by atoms with Crippen LogP contribution in [-0.2, 0) is 12.8 Å². The fourth-order valence-corrected chi connectivity index (χ4v) is 1.82. The first-order valence-electron chi connectivity index (χ1n) is 5.44. The van der Waals surface area contributed by atoms with Crippen LogP contribution in [0.15, 0.2) is 24.4 Å². The molecule has 0 aliphatic rings. The lowest BCUT2D eigenvalue weighted by Crippen LogP contribution is -2.01. The van der Waals surface area contributed by atoms with Crippen molar-refractivity contribution in [2.45, 2.75) is 26.7 Å². The molecule has 0 unspecified atom stereocenters. The van der Waals surface area contributed by atoms with E-state index in [0.717, 1.165) is 24.2 Å². The molecule has 0 radical (unpaired) electrons. The van der Waals surface area contributed by atoms with Crippen LogP contribution in [-0.4, -0.2) is 14.8 Å². The van der Waals surface area contributed by atoms with Crippen LogP contribution in [0.4, 0.5) is 0 Å². The fourth-order valence-electron chi connectivity index (χ4n) is 1.65. The molecule has 0 aromatic carbocycles. The molecule has 0 saturated heterocycles. The molecule has 0 saturated carbocycles. The van der Waals surface area contributed by atoms with Gasteiger partial charge in [0, 0.05) is 18.0 Å². The van der Waals surface area contributed by atoms with Crippen LogP contribution < -0.4 is 0 Å². The average Bonchev–Trinajstić information content (AvgIpc) is 2.72. The van der Waals surface area contributed by atoms with Crippen molar-refractivity contribution >= 4 is 11.6 Å². The lowest BCUT2D eigenvalue weighted by molar-refractivity contribution is 0.793. The van der Waals surface area contributed by atoms with E-state index < -0.39 is 0 Å². The van der Waals surface area contributed by atoms with Gasteiger partial charge in [-0.2, -0.15) is 5.10 Å². The molecule has 0 N–H and O–H groups in total. The molecule has 4 heteroatoms. The number of nitrogens with zero attached hydrogens (tertiary/aromatic N) is 3. The van der Waals surface area contributed by atoms with Crippen molar-refractivity contribution in [2.24, 2.45) is 0 Å². The number of hydrogen-bond acceptors (Lipinski definition) is 2. The van der Waals surface area contributed by atoms with Crippen LogP contribution in [0.2, 0.25) is 5.15 Å². The highest BCUT2D eigenvalue weighted by atomic mass is 35.5. The third-order valence-electron chi connectivity index (χ3n) is 2.51. The predicted molar refractivity (Wildman–Crippen MR) is 65.1 cm³/mol. The minimum absolute atomic E-state index is 0.494. The zero-order valence-electron chi connectivity index (χ0n) is 9.44. The third-order valence-corrected chi connectivity index (χ3v) is 2.72. The van der Waals surface area contributed by atoms with E-state index in [1.807, 2.05) is 16.8 Å². The van der Waals surface area contributed by atoms with Crippen LogP contribution in [0.25, 0.3) is 5.69 Å². The van der Waals surface area contributed by atoms with Crippen molar-refractivity contribution in [3.8, 4) is 5.69 Å². The zero-order valence-corrected chi connectivity index (χ0v) is 10.2. The van der Waals surface area contributed by atoms with E-state index in [-0.39, 0.29) is 0 Å². The Morgan fingerprint density at radius 1 is 1.25 bits per heavy atom. The second-order valence-electron chi connectivity index (χ2n) is 3.58. The second-order valence-corrected chi connectivity index (χ2v) is 3.97. The van der Waals surface area contributed by atoms with Crippen molar-refractivity contribution in [1.82, 2.24) is 14.8 Å². The number of pyridine rings is 1. The molecule has 0 spiro atoms. The fraction of sp³-hybridized carbons (Fsp3) is 0.333. The Balaban J connectivity index is 2.50. The van der Waals surface area contributed by atoms with Gasteiger partial charge in [-0.15, -0.1) is 0 Å². The highest BCUT2D eigenvalue weighted by molar-refractivity contribution is 6.29. The van der Waals surface area contributed by atoms with Crippen molar-refractivity contribution < 1.29 is 0 Å². The highest BCUT2D eigenvalue weighted by Crippen LogP contribution is 2.16. The molecule has 16 heavy (non-hydrogen) atoms. The Kier molecular flexibility index (Phi) is 3.25. The normalized spacial score (nSPS) is 10.7. The number of hydrogen-bond donors (Lipinski definition) is 0. The minimum atomic E-state index is 0.494. The van der Waals surface area contributed by atoms with Crippen molar-refractivity contribution in [1.29, 1.82) is 0 Å². The molecule has 0 aliphatic heterocycles. The van der Waals surface area contributed by atoms with E-state index in [4.69, 9.17) is 11.6 Å². The molecule has 2 aromatic rings. The zero-order chi connectivity index (χ0) is 11.5.